The molecule has 1 saturated heterocycles. The minimum atomic E-state index is -0.159. The maximum absolute atomic E-state index is 12.9. The monoisotopic (exact) mass is 416 g/mol. The van der Waals surface area contributed by atoms with Gasteiger partial charge in [-0.15, -0.1) is 0 Å². The number of aryl methyl sites for hydroxylation is 1. The van der Waals surface area contributed by atoms with Crippen LogP contribution >= 0.6 is 0 Å². The van der Waals surface area contributed by atoms with Crippen LogP contribution in [0.4, 0.5) is 0 Å². The van der Waals surface area contributed by atoms with Crippen molar-refractivity contribution in [3.05, 3.63) is 47.8 Å². The smallest absolute Gasteiger partial charge is 0.257 e. The number of rotatable bonds is 10. The van der Waals surface area contributed by atoms with Crippen molar-refractivity contribution in [1.82, 2.24) is 10.2 Å². The summed E-state index contributed by atoms with van der Waals surface area (Å²) in [6.45, 7) is 7.75. The summed E-state index contributed by atoms with van der Waals surface area (Å²) < 4.78 is 10.7. The quantitative estimate of drug-likeness (QED) is 0.582. The Hall–Kier alpha value is -2.54. The van der Waals surface area contributed by atoms with E-state index in [9.17, 15) is 9.59 Å². The van der Waals surface area contributed by atoms with Crippen molar-refractivity contribution < 1.29 is 23.3 Å². The van der Waals surface area contributed by atoms with Crippen LogP contribution in [0.15, 0.2) is 39.6 Å². The van der Waals surface area contributed by atoms with Gasteiger partial charge in [0, 0.05) is 25.9 Å². The molecule has 2 atom stereocenters. The van der Waals surface area contributed by atoms with Crippen molar-refractivity contribution in [3.63, 3.8) is 0 Å². The molecule has 1 aliphatic heterocycles. The fourth-order valence-electron chi connectivity index (χ4n) is 4.11. The van der Waals surface area contributed by atoms with Crippen LogP contribution in [0.3, 0.4) is 0 Å². The molecule has 0 spiro atoms. The van der Waals surface area contributed by atoms with E-state index in [2.05, 4.69) is 12.2 Å². The number of nitrogens with zero attached hydrogens (tertiary/aromatic N) is 1. The van der Waals surface area contributed by atoms with E-state index < -0.39 is 0 Å². The Morgan fingerprint density at radius 2 is 2.10 bits per heavy atom. The molecule has 164 valence electrons. The highest BCUT2D eigenvalue weighted by Crippen LogP contribution is 2.15. The Bertz CT molecular complexity index is 799. The Morgan fingerprint density at radius 3 is 2.80 bits per heavy atom. The van der Waals surface area contributed by atoms with E-state index in [0.717, 1.165) is 19.0 Å². The summed E-state index contributed by atoms with van der Waals surface area (Å²) in [7, 11) is 0. The third-order valence-electron chi connectivity index (χ3n) is 5.99. The number of likely N-dealkylation sites (tertiary alicyclic amines) is 1. The number of nitrogens with one attached hydrogen (secondary N) is 2. The maximum Gasteiger partial charge on any atom is 0.257 e. The van der Waals surface area contributed by atoms with Crippen molar-refractivity contribution in [2.45, 2.75) is 58.5 Å². The second-order valence-corrected chi connectivity index (χ2v) is 8.21. The molecule has 30 heavy (non-hydrogen) atoms. The van der Waals surface area contributed by atoms with E-state index in [1.165, 1.54) is 32.1 Å². The number of carbonyl (C=O) groups is 2. The molecule has 0 aliphatic carbocycles. The van der Waals surface area contributed by atoms with Gasteiger partial charge in [-0.2, -0.15) is 0 Å². The molecule has 1 fully saturated rings. The van der Waals surface area contributed by atoms with Gasteiger partial charge in [0.25, 0.3) is 5.91 Å². The van der Waals surface area contributed by atoms with Crippen molar-refractivity contribution in [2.75, 3.05) is 26.2 Å². The van der Waals surface area contributed by atoms with Gasteiger partial charge in [-0.25, -0.2) is 0 Å². The lowest BCUT2D eigenvalue weighted by molar-refractivity contribution is -0.928. The fraction of sp³-hybridized carbons (Fsp3) is 0.565. The summed E-state index contributed by atoms with van der Waals surface area (Å²) in [6.07, 6.45) is 8.28. The summed E-state index contributed by atoms with van der Waals surface area (Å²) in [5, 5.41) is 3.00. The van der Waals surface area contributed by atoms with E-state index >= 15 is 0 Å². The number of hydrogen-bond donors (Lipinski definition) is 2. The van der Waals surface area contributed by atoms with Crippen LogP contribution in [0.5, 0.6) is 0 Å². The third-order valence-corrected chi connectivity index (χ3v) is 5.99. The van der Waals surface area contributed by atoms with Gasteiger partial charge in [0.2, 0.25) is 5.91 Å². The Balaban J connectivity index is 1.45. The first kappa shape index (κ1) is 22.2. The first-order chi connectivity index (χ1) is 14.5. The van der Waals surface area contributed by atoms with E-state index in [4.69, 9.17) is 8.83 Å². The van der Waals surface area contributed by atoms with Gasteiger partial charge in [-0.1, -0.05) is 0 Å². The van der Waals surface area contributed by atoms with Crippen molar-refractivity contribution in [3.8, 4) is 0 Å². The normalized spacial score (nSPS) is 18.9. The van der Waals surface area contributed by atoms with Gasteiger partial charge >= 0.3 is 0 Å². The zero-order valence-electron chi connectivity index (χ0n) is 18.1. The first-order valence-corrected chi connectivity index (χ1v) is 11.0. The van der Waals surface area contributed by atoms with Gasteiger partial charge in [-0.05, 0) is 51.3 Å². The average Bonchev–Trinajstić information content (AvgIpc) is 3.40. The number of amides is 2. The second kappa shape index (κ2) is 11.0. The summed E-state index contributed by atoms with van der Waals surface area (Å²) in [5.41, 5.74) is 0.514. The summed E-state index contributed by atoms with van der Waals surface area (Å²) >= 11 is 0. The number of hydrogen-bond acceptors (Lipinski definition) is 4. The Morgan fingerprint density at radius 1 is 1.23 bits per heavy atom. The molecule has 3 heterocycles. The largest absolute Gasteiger partial charge is 0.469 e. The second-order valence-electron chi connectivity index (χ2n) is 8.21. The van der Waals surface area contributed by atoms with Crippen LogP contribution in [0.1, 0.15) is 60.9 Å². The van der Waals surface area contributed by atoms with E-state index in [1.807, 2.05) is 6.07 Å². The molecule has 3 rings (SSSR count). The minimum Gasteiger partial charge on any atom is -0.469 e. The van der Waals surface area contributed by atoms with Crippen molar-refractivity contribution in [2.24, 2.45) is 0 Å². The number of quaternary nitrogens is 1. The number of piperidine rings is 1. The molecule has 2 aromatic rings. The van der Waals surface area contributed by atoms with Crippen LogP contribution in [-0.4, -0.2) is 48.9 Å². The Kier molecular flexibility index (Phi) is 8.13. The lowest BCUT2D eigenvalue weighted by atomic mass is 10.0. The highest BCUT2D eigenvalue weighted by molar-refractivity contribution is 5.95. The van der Waals surface area contributed by atoms with Crippen molar-refractivity contribution in [1.29, 1.82) is 0 Å². The molecule has 7 heteroatoms. The molecule has 7 nitrogen and oxygen atoms in total. The predicted molar refractivity (Wildman–Crippen MR) is 113 cm³/mol. The lowest BCUT2D eigenvalue weighted by Gasteiger charge is -2.30. The molecule has 0 radical (unpaired) electrons. The summed E-state index contributed by atoms with van der Waals surface area (Å²) in [6, 6.07) is 6.00. The molecule has 0 aromatic carbocycles. The highest BCUT2D eigenvalue weighted by atomic mass is 16.3. The molecule has 1 unspecified atom stereocenters. The van der Waals surface area contributed by atoms with Crippen LogP contribution in [0, 0.1) is 6.92 Å². The summed E-state index contributed by atoms with van der Waals surface area (Å²) in [4.78, 5) is 28.6. The number of carbonyl (C=O) groups excluding carboxylic acids is 2. The van der Waals surface area contributed by atoms with Gasteiger partial charge < -0.3 is 24.0 Å². The molecular formula is C23H34N3O4+. The van der Waals surface area contributed by atoms with Gasteiger partial charge in [0.15, 0.2) is 0 Å². The molecule has 0 bridgehead atoms. The van der Waals surface area contributed by atoms with Crippen molar-refractivity contribution >= 4 is 11.8 Å². The average molecular weight is 417 g/mol. The zero-order chi connectivity index (χ0) is 21.3. The van der Waals surface area contributed by atoms with Crippen LogP contribution in [-0.2, 0) is 11.3 Å². The van der Waals surface area contributed by atoms with Gasteiger partial charge in [0.1, 0.15) is 11.5 Å². The molecule has 2 N–H and O–H groups in total. The Labute approximate surface area is 178 Å². The molecular weight excluding hydrogens is 382 g/mol. The topological polar surface area (TPSA) is 80.1 Å². The van der Waals surface area contributed by atoms with E-state index in [1.54, 1.807) is 35.1 Å². The third kappa shape index (κ3) is 6.23. The van der Waals surface area contributed by atoms with Gasteiger partial charge in [-0.3, -0.25) is 9.59 Å². The van der Waals surface area contributed by atoms with E-state index in [-0.39, 0.29) is 18.2 Å². The predicted octanol–water partition coefficient (Wildman–Crippen LogP) is 2.18. The maximum atomic E-state index is 12.9. The molecule has 1 aliphatic rings. The van der Waals surface area contributed by atoms with Crippen LogP contribution in [0.25, 0.3) is 0 Å². The van der Waals surface area contributed by atoms with Crippen LogP contribution < -0.4 is 10.2 Å². The SMILES string of the molecule is Cc1occc1C(=O)N(CCC(=O)NCCC[NH+]1CCCC[C@@H]1C)Cc1ccco1. The number of furan rings is 2. The zero-order valence-corrected chi connectivity index (χ0v) is 18.1. The highest BCUT2D eigenvalue weighted by Gasteiger charge is 2.22. The first-order valence-electron chi connectivity index (χ1n) is 11.0. The van der Waals surface area contributed by atoms with Gasteiger partial charge in [0.05, 0.1) is 43.8 Å². The molecule has 2 amide bonds. The molecule has 0 saturated carbocycles. The molecule has 2 aromatic heterocycles. The standard InChI is InChI=1S/C23H33N3O4/c1-18-7-3-4-12-25(18)13-6-11-24-22(27)9-14-26(17-20-8-5-15-30-20)23(28)21-10-16-29-19(21)2/h5,8,10,15-16,18H,3-4,6-7,9,11-14,17H2,1-2H3,(H,24,27)/p+1/t18-/m0/s1. The fourth-order valence-corrected chi connectivity index (χ4v) is 4.11. The lowest BCUT2D eigenvalue weighted by Crippen LogP contribution is -3.16. The summed E-state index contributed by atoms with van der Waals surface area (Å²) in [5.74, 6) is 1.07. The van der Waals surface area contributed by atoms with E-state index in [0.29, 0.717) is 36.7 Å². The minimum absolute atomic E-state index is 0.0298. The van der Waals surface area contributed by atoms with Crippen LogP contribution in [0.2, 0.25) is 0 Å².